The maximum absolute atomic E-state index is 12.6. The van der Waals surface area contributed by atoms with Gasteiger partial charge in [0.1, 0.15) is 0 Å². The number of ether oxygens (including phenoxy) is 2. The monoisotopic (exact) mass is 371 g/mol. The number of allylic oxidation sites excluding steroid dienone is 1. The molecule has 4 nitrogen and oxygen atoms in total. The van der Waals surface area contributed by atoms with Crippen LogP contribution < -0.4 is 5.32 Å². The summed E-state index contributed by atoms with van der Waals surface area (Å²) >= 11 is 0. The van der Waals surface area contributed by atoms with Gasteiger partial charge in [-0.25, -0.2) is 0 Å². The Labute approximate surface area is 151 Å². The van der Waals surface area contributed by atoms with E-state index in [1.165, 1.54) is 12.1 Å². The summed E-state index contributed by atoms with van der Waals surface area (Å²) < 4.78 is 48.9. The molecule has 0 unspecified atom stereocenters. The van der Waals surface area contributed by atoms with Crippen LogP contribution >= 0.6 is 0 Å². The van der Waals surface area contributed by atoms with Crippen molar-refractivity contribution in [3.05, 3.63) is 47.0 Å². The molecule has 0 bridgehead atoms. The molecule has 1 aromatic rings. The number of rotatable bonds is 6. The van der Waals surface area contributed by atoms with Gasteiger partial charge >= 0.3 is 6.18 Å². The van der Waals surface area contributed by atoms with E-state index in [1.807, 2.05) is 19.9 Å². The van der Waals surface area contributed by atoms with E-state index < -0.39 is 11.7 Å². The Bertz CT molecular complexity index is 622. The molecule has 1 aliphatic heterocycles. The van der Waals surface area contributed by atoms with Crippen LogP contribution in [0.2, 0.25) is 0 Å². The van der Waals surface area contributed by atoms with Crippen molar-refractivity contribution in [3.8, 4) is 0 Å². The topological polar surface area (TPSA) is 47.6 Å². The zero-order chi connectivity index (χ0) is 19.2. The second-order valence-electron chi connectivity index (χ2n) is 6.56. The first-order chi connectivity index (χ1) is 12.3. The molecule has 2 rings (SSSR count). The smallest absolute Gasteiger partial charge is 0.379 e. The van der Waals surface area contributed by atoms with E-state index in [-0.39, 0.29) is 24.5 Å². The zero-order valence-corrected chi connectivity index (χ0v) is 14.9. The van der Waals surface area contributed by atoms with Crippen molar-refractivity contribution >= 4 is 5.91 Å². The van der Waals surface area contributed by atoms with Crippen molar-refractivity contribution < 1.29 is 27.4 Å². The minimum atomic E-state index is -4.38. The van der Waals surface area contributed by atoms with Crippen LogP contribution in [0.5, 0.6) is 0 Å². The molecule has 144 valence electrons. The summed E-state index contributed by atoms with van der Waals surface area (Å²) in [6.45, 7) is 5.37. The Morgan fingerprint density at radius 1 is 1.31 bits per heavy atom. The van der Waals surface area contributed by atoms with Gasteiger partial charge in [0, 0.05) is 6.61 Å². The van der Waals surface area contributed by atoms with Crippen molar-refractivity contribution in [2.24, 2.45) is 0 Å². The standard InChI is InChI=1S/C19H24F3NO3/c1-13(2)7-10-26-17-8-9-25-12-16(17)23-18(24)11-14-3-5-15(6-4-14)19(20,21)22/h3-7,16-17H,8-12H2,1-2H3,(H,23,24)/t16-,17+/m0/s1. The molecule has 0 saturated carbocycles. The normalized spacial score (nSPS) is 20.5. The van der Waals surface area contributed by atoms with E-state index in [4.69, 9.17) is 9.47 Å². The number of benzene rings is 1. The minimum absolute atomic E-state index is 0.00925. The van der Waals surface area contributed by atoms with Crippen LogP contribution in [0.25, 0.3) is 0 Å². The summed E-state index contributed by atoms with van der Waals surface area (Å²) in [6.07, 6.45) is -1.86. The van der Waals surface area contributed by atoms with Gasteiger partial charge in [-0.05, 0) is 38.0 Å². The third-order valence-corrected chi connectivity index (χ3v) is 4.09. The van der Waals surface area contributed by atoms with Crippen molar-refractivity contribution in [1.82, 2.24) is 5.32 Å². The lowest BCUT2D eigenvalue weighted by molar-refractivity contribution is -0.137. The second-order valence-corrected chi connectivity index (χ2v) is 6.56. The van der Waals surface area contributed by atoms with Gasteiger partial charge in [-0.2, -0.15) is 13.2 Å². The molecule has 0 aliphatic carbocycles. The molecule has 1 N–H and O–H groups in total. The summed E-state index contributed by atoms with van der Waals surface area (Å²) in [4.78, 5) is 12.2. The molecule has 2 atom stereocenters. The van der Waals surface area contributed by atoms with Crippen molar-refractivity contribution in [2.75, 3.05) is 19.8 Å². The number of hydrogen-bond donors (Lipinski definition) is 1. The summed E-state index contributed by atoms with van der Waals surface area (Å²) in [5, 5.41) is 2.87. The molecule has 0 spiro atoms. The molecule has 1 fully saturated rings. The summed E-state index contributed by atoms with van der Waals surface area (Å²) in [6, 6.07) is 4.34. The van der Waals surface area contributed by atoms with Gasteiger partial charge in [0.15, 0.2) is 0 Å². The maximum atomic E-state index is 12.6. The summed E-state index contributed by atoms with van der Waals surface area (Å²) in [7, 11) is 0. The molecule has 7 heteroatoms. The van der Waals surface area contributed by atoms with Crippen LogP contribution in [0, 0.1) is 0 Å². The van der Waals surface area contributed by atoms with Crippen LogP contribution in [-0.2, 0) is 26.9 Å². The predicted octanol–water partition coefficient (Wildman–Crippen LogP) is 3.50. The first-order valence-electron chi connectivity index (χ1n) is 8.54. The largest absolute Gasteiger partial charge is 0.416 e. The maximum Gasteiger partial charge on any atom is 0.416 e. The number of hydrogen-bond acceptors (Lipinski definition) is 3. The van der Waals surface area contributed by atoms with Crippen LogP contribution in [-0.4, -0.2) is 37.9 Å². The first-order valence-corrected chi connectivity index (χ1v) is 8.54. The van der Waals surface area contributed by atoms with Crippen molar-refractivity contribution in [3.63, 3.8) is 0 Å². The fraction of sp³-hybridized carbons (Fsp3) is 0.526. The fourth-order valence-electron chi connectivity index (χ4n) is 2.65. The quantitative estimate of drug-likeness (QED) is 0.779. The number of nitrogens with one attached hydrogen (secondary N) is 1. The number of alkyl halides is 3. The molecule has 1 saturated heterocycles. The first kappa shape index (κ1) is 20.5. The van der Waals surface area contributed by atoms with Gasteiger partial charge in [0.25, 0.3) is 0 Å². The molecular formula is C19H24F3NO3. The van der Waals surface area contributed by atoms with Crippen LogP contribution in [0.1, 0.15) is 31.4 Å². The highest BCUT2D eigenvalue weighted by Crippen LogP contribution is 2.29. The molecule has 1 aromatic carbocycles. The van der Waals surface area contributed by atoms with Gasteiger partial charge < -0.3 is 14.8 Å². The van der Waals surface area contributed by atoms with Crippen LogP contribution in [0.15, 0.2) is 35.9 Å². The Hall–Kier alpha value is -1.86. The molecule has 1 aliphatic rings. The number of carbonyl (C=O) groups is 1. The zero-order valence-electron chi connectivity index (χ0n) is 14.9. The molecule has 26 heavy (non-hydrogen) atoms. The lowest BCUT2D eigenvalue weighted by Gasteiger charge is -2.32. The average Bonchev–Trinajstić information content (AvgIpc) is 2.55. The van der Waals surface area contributed by atoms with Crippen LogP contribution in [0.4, 0.5) is 13.2 Å². The highest BCUT2D eigenvalue weighted by Gasteiger charge is 2.30. The highest BCUT2D eigenvalue weighted by molar-refractivity contribution is 5.79. The molecule has 1 amide bonds. The SMILES string of the molecule is CC(C)=CCO[C@@H]1CCOC[C@@H]1NC(=O)Cc1ccc(C(F)(F)F)cc1. The van der Waals surface area contributed by atoms with E-state index in [1.54, 1.807) is 0 Å². The van der Waals surface area contributed by atoms with Gasteiger partial charge in [0.05, 0.1) is 37.3 Å². The van der Waals surface area contributed by atoms with Gasteiger partial charge in [-0.15, -0.1) is 0 Å². The van der Waals surface area contributed by atoms with E-state index in [0.29, 0.717) is 31.8 Å². The molecule has 0 aromatic heterocycles. The lowest BCUT2D eigenvalue weighted by atomic mass is 10.0. The average molecular weight is 371 g/mol. The van der Waals surface area contributed by atoms with Crippen molar-refractivity contribution in [2.45, 2.75) is 45.0 Å². The van der Waals surface area contributed by atoms with E-state index in [2.05, 4.69) is 5.32 Å². The van der Waals surface area contributed by atoms with Crippen LogP contribution in [0.3, 0.4) is 0 Å². The van der Waals surface area contributed by atoms with E-state index in [0.717, 1.165) is 17.7 Å². The summed E-state index contributed by atoms with van der Waals surface area (Å²) in [5.41, 5.74) is 0.948. The second kappa shape index (κ2) is 9.19. The molecule has 0 radical (unpaired) electrons. The van der Waals surface area contributed by atoms with E-state index >= 15 is 0 Å². The Balaban J connectivity index is 1.89. The van der Waals surface area contributed by atoms with Crippen molar-refractivity contribution in [1.29, 1.82) is 0 Å². The third kappa shape index (κ3) is 6.46. The summed E-state index contributed by atoms with van der Waals surface area (Å²) in [5.74, 6) is -0.268. The number of halogens is 3. The lowest BCUT2D eigenvalue weighted by Crippen LogP contribution is -2.51. The Morgan fingerprint density at radius 2 is 2.00 bits per heavy atom. The van der Waals surface area contributed by atoms with Gasteiger partial charge in [0.2, 0.25) is 5.91 Å². The third-order valence-electron chi connectivity index (χ3n) is 4.09. The minimum Gasteiger partial charge on any atom is -0.379 e. The predicted molar refractivity (Wildman–Crippen MR) is 91.7 cm³/mol. The Kier molecular flexibility index (Phi) is 7.23. The van der Waals surface area contributed by atoms with Gasteiger partial charge in [-0.3, -0.25) is 4.79 Å². The highest BCUT2D eigenvalue weighted by atomic mass is 19.4. The number of carbonyl (C=O) groups excluding carboxylic acids is 1. The number of amides is 1. The van der Waals surface area contributed by atoms with Gasteiger partial charge in [-0.1, -0.05) is 23.8 Å². The molecule has 1 heterocycles. The Morgan fingerprint density at radius 3 is 2.62 bits per heavy atom. The molecular weight excluding hydrogens is 347 g/mol. The fourth-order valence-corrected chi connectivity index (χ4v) is 2.65. The van der Waals surface area contributed by atoms with E-state index in [9.17, 15) is 18.0 Å².